The Labute approximate surface area is 97.3 Å². The van der Waals surface area contributed by atoms with E-state index in [2.05, 4.69) is 47.9 Å². The van der Waals surface area contributed by atoms with Crippen LogP contribution in [0, 0.1) is 6.92 Å². The zero-order chi connectivity index (χ0) is 11.4. The molecule has 0 radical (unpaired) electrons. The van der Waals surface area contributed by atoms with Crippen molar-refractivity contribution in [3.05, 3.63) is 30.0 Å². The van der Waals surface area contributed by atoms with E-state index in [1.54, 1.807) is 0 Å². The van der Waals surface area contributed by atoms with Crippen molar-refractivity contribution in [2.45, 2.75) is 46.1 Å². The molecule has 2 aromatic rings. The zero-order valence-corrected chi connectivity index (χ0v) is 10.2. The minimum absolute atomic E-state index is 1.05. The van der Waals surface area contributed by atoms with Crippen molar-refractivity contribution in [2.24, 2.45) is 0 Å². The number of fused-ring (bicyclic) bond motifs is 1. The lowest BCUT2D eigenvalue weighted by molar-refractivity contribution is 0.551. The van der Waals surface area contributed by atoms with Crippen LogP contribution in [-0.4, -0.2) is 9.78 Å². The van der Waals surface area contributed by atoms with Gasteiger partial charge in [0.05, 0.1) is 11.2 Å². The molecule has 0 spiro atoms. The van der Waals surface area contributed by atoms with Crippen LogP contribution in [-0.2, 0) is 6.54 Å². The topological polar surface area (TPSA) is 17.8 Å². The average molecular weight is 216 g/mol. The SMILES string of the molecule is CCCCCCn1nc(C)c2ccccc21. The van der Waals surface area contributed by atoms with Gasteiger partial charge in [-0.3, -0.25) is 4.68 Å². The number of hydrogen-bond acceptors (Lipinski definition) is 1. The molecule has 2 nitrogen and oxygen atoms in total. The summed E-state index contributed by atoms with van der Waals surface area (Å²) in [5.74, 6) is 0. The summed E-state index contributed by atoms with van der Waals surface area (Å²) in [7, 11) is 0. The van der Waals surface area contributed by atoms with Gasteiger partial charge in [0.1, 0.15) is 0 Å². The van der Waals surface area contributed by atoms with E-state index in [-0.39, 0.29) is 0 Å². The maximum Gasteiger partial charge on any atom is 0.0685 e. The molecule has 1 heterocycles. The second-order valence-electron chi connectivity index (χ2n) is 4.39. The Morgan fingerprint density at radius 3 is 2.75 bits per heavy atom. The summed E-state index contributed by atoms with van der Waals surface area (Å²) in [4.78, 5) is 0. The fourth-order valence-corrected chi connectivity index (χ4v) is 2.15. The van der Waals surface area contributed by atoms with Gasteiger partial charge in [-0.05, 0) is 19.4 Å². The van der Waals surface area contributed by atoms with Gasteiger partial charge in [-0.1, -0.05) is 44.4 Å². The molecule has 0 unspecified atom stereocenters. The van der Waals surface area contributed by atoms with Crippen molar-refractivity contribution in [3.8, 4) is 0 Å². The first-order valence-electron chi connectivity index (χ1n) is 6.25. The van der Waals surface area contributed by atoms with Crippen LogP contribution in [0.3, 0.4) is 0 Å². The Morgan fingerprint density at radius 1 is 1.12 bits per heavy atom. The van der Waals surface area contributed by atoms with Crippen molar-refractivity contribution < 1.29 is 0 Å². The Balaban J connectivity index is 2.12. The fraction of sp³-hybridized carbons (Fsp3) is 0.500. The molecule has 0 fully saturated rings. The van der Waals surface area contributed by atoms with Crippen molar-refractivity contribution >= 4 is 10.9 Å². The Kier molecular flexibility index (Phi) is 3.60. The van der Waals surface area contributed by atoms with Gasteiger partial charge in [-0.2, -0.15) is 5.10 Å². The van der Waals surface area contributed by atoms with E-state index >= 15 is 0 Å². The van der Waals surface area contributed by atoms with E-state index in [1.165, 1.54) is 36.6 Å². The zero-order valence-electron chi connectivity index (χ0n) is 10.2. The molecule has 0 aliphatic heterocycles. The first-order chi connectivity index (χ1) is 7.83. The highest BCUT2D eigenvalue weighted by Gasteiger charge is 2.05. The molecule has 2 rings (SSSR count). The first-order valence-corrected chi connectivity index (χ1v) is 6.25. The highest BCUT2D eigenvalue weighted by Crippen LogP contribution is 2.18. The van der Waals surface area contributed by atoms with E-state index in [0.717, 1.165) is 12.2 Å². The van der Waals surface area contributed by atoms with Crippen molar-refractivity contribution in [1.82, 2.24) is 9.78 Å². The number of rotatable bonds is 5. The second kappa shape index (κ2) is 5.15. The summed E-state index contributed by atoms with van der Waals surface area (Å²) >= 11 is 0. The molecule has 0 aliphatic carbocycles. The molecule has 2 heteroatoms. The second-order valence-corrected chi connectivity index (χ2v) is 4.39. The third-order valence-corrected chi connectivity index (χ3v) is 3.07. The molecular weight excluding hydrogens is 196 g/mol. The fourth-order valence-electron chi connectivity index (χ4n) is 2.15. The molecule has 16 heavy (non-hydrogen) atoms. The van der Waals surface area contributed by atoms with Crippen LogP contribution in [0.15, 0.2) is 24.3 Å². The van der Waals surface area contributed by atoms with E-state index in [1.807, 2.05) is 0 Å². The van der Waals surface area contributed by atoms with E-state index in [0.29, 0.717) is 0 Å². The van der Waals surface area contributed by atoms with Crippen LogP contribution < -0.4 is 0 Å². The lowest BCUT2D eigenvalue weighted by Gasteiger charge is -2.02. The number of aryl methyl sites for hydroxylation is 2. The van der Waals surface area contributed by atoms with E-state index in [4.69, 9.17) is 0 Å². The third kappa shape index (κ3) is 2.26. The lowest BCUT2D eigenvalue weighted by atomic mass is 10.2. The molecule has 1 aromatic heterocycles. The molecular formula is C14H20N2. The molecule has 0 bridgehead atoms. The standard InChI is InChI=1S/C14H20N2/c1-3-4-5-8-11-16-14-10-7-6-9-13(14)12(2)15-16/h6-7,9-10H,3-5,8,11H2,1-2H3. The average Bonchev–Trinajstić information content (AvgIpc) is 2.63. The van der Waals surface area contributed by atoms with E-state index in [9.17, 15) is 0 Å². The molecule has 86 valence electrons. The van der Waals surface area contributed by atoms with Gasteiger partial charge in [-0.25, -0.2) is 0 Å². The summed E-state index contributed by atoms with van der Waals surface area (Å²) in [6.45, 7) is 5.38. The van der Waals surface area contributed by atoms with Gasteiger partial charge in [0.15, 0.2) is 0 Å². The molecule has 0 atom stereocenters. The summed E-state index contributed by atoms with van der Waals surface area (Å²) < 4.78 is 2.15. The van der Waals surface area contributed by atoms with Crippen LogP contribution in [0.2, 0.25) is 0 Å². The predicted octanol–water partition coefficient (Wildman–Crippen LogP) is 3.93. The highest BCUT2D eigenvalue weighted by atomic mass is 15.3. The number of unbranched alkanes of at least 4 members (excludes halogenated alkanes) is 3. The quantitative estimate of drug-likeness (QED) is 0.692. The van der Waals surface area contributed by atoms with Crippen LogP contribution in [0.1, 0.15) is 38.3 Å². The molecule has 0 aliphatic rings. The molecule has 1 aromatic carbocycles. The molecule has 0 saturated heterocycles. The van der Waals surface area contributed by atoms with Gasteiger partial charge in [0.25, 0.3) is 0 Å². The Morgan fingerprint density at radius 2 is 1.94 bits per heavy atom. The van der Waals surface area contributed by atoms with Gasteiger partial charge in [0.2, 0.25) is 0 Å². The lowest BCUT2D eigenvalue weighted by Crippen LogP contribution is -2.00. The normalized spacial score (nSPS) is 11.1. The Bertz CT molecular complexity index is 457. The van der Waals surface area contributed by atoms with E-state index < -0.39 is 0 Å². The van der Waals surface area contributed by atoms with Crippen molar-refractivity contribution in [3.63, 3.8) is 0 Å². The smallest absolute Gasteiger partial charge is 0.0685 e. The van der Waals surface area contributed by atoms with Crippen LogP contribution in [0.5, 0.6) is 0 Å². The number of benzene rings is 1. The molecule has 0 N–H and O–H groups in total. The van der Waals surface area contributed by atoms with Gasteiger partial charge >= 0.3 is 0 Å². The van der Waals surface area contributed by atoms with Gasteiger partial charge in [-0.15, -0.1) is 0 Å². The van der Waals surface area contributed by atoms with Gasteiger partial charge < -0.3 is 0 Å². The van der Waals surface area contributed by atoms with Crippen molar-refractivity contribution in [1.29, 1.82) is 0 Å². The Hall–Kier alpha value is -1.31. The molecule has 0 saturated carbocycles. The number of aromatic nitrogens is 2. The predicted molar refractivity (Wildman–Crippen MR) is 68.6 cm³/mol. The van der Waals surface area contributed by atoms with Gasteiger partial charge in [0, 0.05) is 11.9 Å². The summed E-state index contributed by atoms with van der Waals surface area (Å²) in [5.41, 5.74) is 2.42. The number of para-hydroxylation sites is 1. The third-order valence-electron chi connectivity index (χ3n) is 3.07. The highest BCUT2D eigenvalue weighted by molar-refractivity contribution is 5.81. The van der Waals surface area contributed by atoms with Crippen LogP contribution in [0.25, 0.3) is 10.9 Å². The summed E-state index contributed by atoms with van der Waals surface area (Å²) in [6.07, 6.45) is 5.17. The maximum absolute atomic E-state index is 4.60. The monoisotopic (exact) mass is 216 g/mol. The van der Waals surface area contributed by atoms with Crippen LogP contribution >= 0.6 is 0 Å². The minimum atomic E-state index is 1.05. The van der Waals surface area contributed by atoms with Crippen molar-refractivity contribution in [2.75, 3.05) is 0 Å². The largest absolute Gasteiger partial charge is 0.265 e. The maximum atomic E-state index is 4.60. The molecule has 0 amide bonds. The summed E-state index contributed by atoms with van der Waals surface area (Å²) in [5, 5.41) is 5.89. The number of nitrogens with zero attached hydrogens (tertiary/aromatic N) is 2. The van der Waals surface area contributed by atoms with Crippen LogP contribution in [0.4, 0.5) is 0 Å². The summed E-state index contributed by atoms with van der Waals surface area (Å²) in [6, 6.07) is 8.49. The minimum Gasteiger partial charge on any atom is -0.265 e. The first kappa shape index (κ1) is 11.2. The number of hydrogen-bond donors (Lipinski definition) is 0.